The molecule has 0 atom stereocenters. The van der Waals surface area contributed by atoms with E-state index in [4.69, 9.17) is 11.6 Å². The molecular formula is C29H27ClN4O3. The monoisotopic (exact) mass is 514 g/mol. The summed E-state index contributed by atoms with van der Waals surface area (Å²) in [5.74, 6) is -1.19. The van der Waals surface area contributed by atoms with Crippen LogP contribution in [0.4, 0.5) is 17.1 Å². The lowest BCUT2D eigenvalue weighted by atomic mass is 10.1. The highest BCUT2D eigenvalue weighted by Gasteiger charge is 2.39. The highest BCUT2D eigenvalue weighted by atomic mass is 35.5. The number of rotatable bonds is 5. The molecule has 2 heterocycles. The molecule has 0 spiro atoms. The first kappa shape index (κ1) is 24.6. The molecule has 2 aliphatic heterocycles. The van der Waals surface area contributed by atoms with Crippen molar-refractivity contribution in [2.75, 3.05) is 41.3 Å². The minimum absolute atomic E-state index is 0.00588. The third-order valence-electron chi connectivity index (χ3n) is 6.70. The SMILES string of the molecule is Cc1ccc(C)c(N2C(=O)C(Cl)=C(Nc3cccc(C(=O)N4CCN(c5ccccc5)CC4)c3)C2=O)c1. The molecule has 7 nitrogen and oxygen atoms in total. The second-order valence-corrected chi connectivity index (χ2v) is 9.62. The van der Waals surface area contributed by atoms with Crippen LogP contribution in [-0.4, -0.2) is 48.8 Å². The van der Waals surface area contributed by atoms with Gasteiger partial charge in [-0.05, 0) is 61.4 Å². The smallest absolute Gasteiger partial charge is 0.283 e. The number of carbonyl (C=O) groups excluding carboxylic acids is 3. The van der Waals surface area contributed by atoms with Gasteiger partial charge in [0.25, 0.3) is 17.7 Å². The van der Waals surface area contributed by atoms with Crippen molar-refractivity contribution in [1.29, 1.82) is 0 Å². The fourth-order valence-corrected chi connectivity index (χ4v) is 4.87. The van der Waals surface area contributed by atoms with Gasteiger partial charge in [0.05, 0.1) is 5.69 Å². The summed E-state index contributed by atoms with van der Waals surface area (Å²) in [6, 6.07) is 22.6. The van der Waals surface area contributed by atoms with Gasteiger partial charge in [-0.2, -0.15) is 0 Å². The number of benzene rings is 3. The number of para-hydroxylation sites is 1. The van der Waals surface area contributed by atoms with E-state index in [0.29, 0.717) is 30.0 Å². The average Bonchev–Trinajstić information content (AvgIpc) is 3.13. The van der Waals surface area contributed by atoms with Gasteiger partial charge in [0, 0.05) is 43.1 Å². The fraction of sp³-hybridized carbons (Fsp3) is 0.207. The summed E-state index contributed by atoms with van der Waals surface area (Å²) in [6.45, 7) is 6.46. The van der Waals surface area contributed by atoms with Crippen LogP contribution in [0.3, 0.4) is 0 Å². The molecule has 0 unspecified atom stereocenters. The molecular weight excluding hydrogens is 488 g/mol. The lowest BCUT2D eigenvalue weighted by Gasteiger charge is -2.36. The predicted octanol–water partition coefficient (Wildman–Crippen LogP) is 4.70. The van der Waals surface area contributed by atoms with Crippen LogP contribution < -0.4 is 15.1 Å². The first-order valence-electron chi connectivity index (χ1n) is 12.2. The van der Waals surface area contributed by atoms with Crippen molar-refractivity contribution in [1.82, 2.24) is 4.90 Å². The van der Waals surface area contributed by atoms with Crippen LogP contribution in [0.2, 0.25) is 0 Å². The van der Waals surface area contributed by atoms with Crippen LogP contribution in [0, 0.1) is 13.8 Å². The fourth-order valence-electron chi connectivity index (χ4n) is 4.65. The quantitative estimate of drug-likeness (QED) is 0.500. The van der Waals surface area contributed by atoms with Gasteiger partial charge in [-0.25, -0.2) is 4.90 Å². The number of aryl methyl sites for hydroxylation is 2. The third-order valence-corrected chi connectivity index (χ3v) is 7.05. The molecule has 1 N–H and O–H groups in total. The predicted molar refractivity (Wildman–Crippen MR) is 146 cm³/mol. The van der Waals surface area contributed by atoms with Crippen LogP contribution in [0.15, 0.2) is 83.5 Å². The number of nitrogens with one attached hydrogen (secondary N) is 1. The molecule has 3 aromatic rings. The van der Waals surface area contributed by atoms with E-state index in [1.165, 1.54) is 0 Å². The van der Waals surface area contributed by atoms with E-state index in [-0.39, 0.29) is 16.6 Å². The highest BCUT2D eigenvalue weighted by molar-refractivity contribution is 6.53. The number of hydrogen-bond donors (Lipinski definition) is 1. The molecule has 0 bridgehead atoms. The Balaban J connectivity index is 1.29. The molecule has 0 radical (unpaired) electrons. The molecule has 0 aliphatic carbocycles. The second-order valence-electron chi connectivity index (χ2n) is 9.25. The van der Waals surface area contributed by atoms with E-state index < -0.39 is 11.8 Å². The van der Waals surface area contributed by atoms with Crippen LogP contribution in [0.1, 0.15) is 21.5 Å². The number of carbonyl (C=O) groups is 3. The Bertz CT molecular complexity index is 1410. The number of piperazine rings is 1. The molecule has 0 aromatic heterocycles. The topological polar surface area (TPSA) is 73.0 Å². The highest BCUT2D eigenvalue weighted by Crippen LogP contribution is 2.32. The van der Waals surface area contributed by atoms with E-state index in [2.05, 4.69) is 22.3 Å². The van der Waals surface area contributed by atoms with Gasteiger partial charge in [-0.15, -0.1) is 0 Å². The summed E-state index contributed by atoms with van der Waals surface area (Å²) in [7, 11) is 0. The number of hydrogen-bond acceptors (Lipinski definition) is 5. The Hall–Kier alpha value is -4.10. The number of anilines is 3. The van der Waals surface area contributed by atoms with Gasteiger partial charge in [-0.3, -0.25) is 14.4 Å². The first-order valence-corrected chi connectivity index (χ1v) is 12.5. The Morgan fingerprint density at radius 3 is 2.30 bits per heavy atom. The molecule has 37 heavy (non-hydrogen) atoms. The zero-order valence-corrected chi connectivity index (χ0v) is 21.5. The summed E-state index contributed by atoms with van der Waals surface area (Å²) in [4.78, 5) is 44.5. The molecule has 3 aromatic carbocycles. The standard InChI is InChI=1S/C29H27ClN4O3/c1-19-11-12-20(2)24(17-19)34-28(36)25(30)26(29(34)37)31-22-8-6-7-21(18-22)27(35)33-15-13-32(14-16-33)23-9-4-3-5-10-23/h3-12,17-18,31H,13-16H2,1-2H3. The van der Waals surface area contributed by atoms with Crippen LogP contribution in [-0.2, 0) is 9.59 Å². The molecule has 0 saturated carbocycles. The lowest BCUT2D eigenvalue weighted by Crippen LogP contribution is -2.48. The van der Waals surface area contributed by atoms with Crippen molar-refractivity contribution >= 4 is 46.4 Å². The van der Waals surface area contributed by atoms with Gasteiger partial charge in [0.2, 0.25) is 0 Å². The number of amides is 3. The van der Waals surface area contributed by atoms with Crippen molar-refractivity contribution < 1.29 is 14.4 Å². The number of imide groups is 1. The minimum atomic E-state index is -0.577. The van der Waals surface area contributed by atoms with Gasteiger partial charge in [-0.1, -0.05) is 48.0 Å². The molecule has 2 aliphatic rings. The van der Waals surface area contributed by atoms with Gasteiger partial charge < -0.3 is 15.1 Å². The molecule has 1 saturated heterocycles. The van der Waals surface area contributed by atoms with E-state index in [0.717, 1.165) is 34.8 Å². The summed E-state index contributed by atoms with van der Waals surface area (Å²) >= 11 is 6.32. The van der Waals surface area contributed by atoms with Crippen molar-refractivity contribution in [2.24, 2.45) is 0 Å². The van der Waals surface area contributed by atoms with Crippen molar-refractivity contribution in [2.45, 2.75) is 13.8 Å². The normalized spacial score (nSPS) is 16.0. The van der Waals surface area contributed by atoms with Gasteiger partial charge >= 0.3 is 0 Å². The molecule has 1 fully saturated rings. The molecule has 5 rings (SSSR count). The zero-order valence-electron chi connectivity index (χ0n) is 20.7. The summed E-state index contributed by atoms with van der Waals surface area (Å²) in [5, 5.41) is 2.81. The molecule has 188 valence electrons. The van der Waals surface area contributed by atoms with Crippen LogP contribution >= 0.6 is 11.6 Å². The maximum Gasteiger partial charge on any atom is 0.283 e. The summed E-state index contributed by atoms with van der Waals surface area (Å²) < 4.78 is 0. The Kier molecular flexibility index (Phi) is 6.72. The van der Waals surface area contributed by atoms with E-state index in [1.807, 2.05) is 49.1 Å². The Morgan fingerprint density at radius 1 is 0.838 bits per heavy atom. The summed E-state index contributed by atoms with van der Waals surface area (Å²) in [6.07, 6.45) is 0. The van der Waals surface area contributed by atoms with E-state index in [9.17, 15) is 14.4 Å². The second kappa shape index (κ2) is 10.1. The molecule has 8 heteroatoms. The maximum absolute atomic E-state index is 13.2. The summed E-state index contributed by atoms with van der Waals surface area (Å²) in [5.41, 5.74) is 4.37. The average molecular weight is 515 g/mol. The number of halogens is 1. The van der Waals surface area contributed by atoms with Crippen LogP contribution in [0.25, 0.3) is 0 Å². The Morgan fingerprint density at radius 2 is 1.57 bits per heavy atom. The zero-order chi connectivity index (χ0) is 26.1. The lowest BCUT2D eigenvalue weighted by molar-refractivity contribution is -0.120. The van der Waals surface area contributed by atoms with E-state index in [1.54, 1.807) is 30.3 Å². The van der Waals surface area contributed by atoms with E-state index >= 15 is 0 Å². The Labute approximate surface area is 220 Å². The minimum Gasteiger partial charge on any atom is -0.368 e. The van der Waals surface area contributed by atoms with Crippen molar-refractivity contribution in [3.05, 3.63) is 100 Å². The van der Waals surface area contributed by atoms with Gasteiger partial charge in [0.1, 0.15) is 10.7 Å². The number of nitrogens with zero attached hydrogens (tertiary/aromatic N) is 3. The molecule has 3 amide bonds. The van der Waals surface area contributed by atoms with Crippen molar-refractivity contribution in [3.8, 4) is 0 Å². The largest absolute Gasteiger partial charge is 0.368 e. The van der Waals surface area contributed by atoms with Gasteiger partial charge in [0.15, 0.2) is 0 Å². The third kappa shape index (κ3) is 4.82. The first-order chi connectivity index (χ1) is 17.8. The maximum atomic E-state index is 13.2. The van der Waals surface area contributed by atoms with Crippen LogP contribution in [0.5, 0.6) is 0 Å². The van der Waals surface area contributed by atoms with Crippen molar-refractivity contribution in [3.63, 3.8) is 0 Å².